The molecule has 0 aromatic heterocycles. The van der Waals surface area contributed by atoms with Crippen molar-refractivity contribution in [2.24, 2.45) is 0 Å². The average Bonchev–Trinajstić information content (AvgIpc) is 2.68. The number of nitrogens with zero attached hydrogens (tertiary/aromatic N) is 2. The van der Waals surface area contributed by atoms with Gasteiger partial charge in [-0.3, -0.25) is 0 Å². The molecule has 0 unspecified atom stereocenters. The first kappa shape index (κ1) is 12.4. The molecule has 1 aliphatic rings. The summed E-state index contributed by atoms with van der Waals surface area (Å²) in [6, 6.07) is 7.72. The average molecular weight is 288 g/mol. The maximum atomic E-state index is 8.95. The van der Waals surface area contributed by atoms with E-state index in [1.807, 2.05) is 23.1 Å². The van der Waals surface area contributed by atoms with E-state index >= 15 is 0 Å². The van der Waals surface area contributed by atoms with Crippen LogP contribution in [-0.4, -0.2) is 15.5 Å². The van der Waals surface area contributed by atoms with E-state index in [0.29, 0.717) is 10.7 Å². The molecular weight excluding hydrogens is 277 g/mol. The van der Waals surface area contributed by atoms with Gasteiger partial charge in [-0.15, -0.1) is 0 Å². The van der Waals surface area contributed by atoms with Gasteiger partial charge in [-0.2, -0.15) is 0 Å². The predicted octanol–water partition coefficient (Wildman–Crippen LogP) is 2.29. The molecule has 1 N–H and O–H groups in total. The number of aryl methyl sites for hydroxylation is 1. The quantitative estimate of drug-likeness (QED) is 0.908. The molecule has 1 heterocycles. The zero-order chi connectivity index (χ0) is 12.4. The van der Waals surface area contributed by atoms with Crippen LogP contribution in [0.25, 0.3) is 0 Å². The van der Waals surface area contributed by atoms with E-state index in [4.69, 9.17) is 10.7 Å². The van der Waals surface area contributed by atoms with Crippen LogP contribution in [0.15, 0.2) is 18.2 Å². The van der Waals surface area contributed by atoms with E-state index in [9.17, 15) is 0 Å². The maximum absolute atomic E-state index is 8.95. The number of hydrogen-bond donors (Lipinski definition) is 1. The standard InChI is InChI=1S/C12H11N3S.Co/c1-2-10-4-3-9(8-13)7-11(10)15-5-6-16-12(15)14;/h3-4,7,14H,2,6H2,1H3;. The number of thioether (sulfide) groups is 1. The Morgan fingerprint density at radius 1 is 1.59 bits per heavy atom. The van der Waals surface area contributed by atoms with Gasteiger partial charge in [0.1, 0.15) is 0 Å². The Labute approximate surface area is 112 Å². The van der Waals surface area contributed by atoms with Crippen LogP contribution in [0.4, 0.5) is 5.69 Å². The van der Waals surface area contributed by atoms with Crippen molar-refractivity contribution in [2.45, 2.75) is 13.3 Å². The van der Waals surface area contributed by atoms with Crippen molar-refractivity contribution in [1.82, 2.24) is 0 Å². The SMILES string of the molecule is CCc1ccc(C#N)cc1N1C(=N)SC[C]1=[Co]. The monoisotopic (exact) mass is 288 g/mol. The first-order valence-corrected chi connectivity index (χ1v) is 6.71. The van der Waals surface area contributed by atoms with Crippen LogP contribution in [0, 0.1) is 16.7 Å². The molecule has 0 saturated carbocycles. The number of nitrogens with one attached hydrogen (secondary N) is 1. The minimum absolute atomic E-state index is 0.470. The van der Waals surface area contributed by atoms with Gasteiger partial charge in [0.05, 0.1) is 0 Å². The topological polar surface area (TPSA) is 50.9 Å². The Balaban J connectivity index is 2.53. The molecule has 1 fully saturated rings. The Morgan fingerprint density at radius 3 is 2.88 bits per heavy atom. The number of rotatable bonds is 2. The number of amidine groups is 1. The molecule has 1 saturated heterocycles. The van der Waals surface area contributed by atoms with Gasteiger partial charge in [0, 0.05) is 0 Å². The summed E-state index contributed by atoms with van der Waals surface area (Å²) in [6.45, 7) is 2.06. The summed E-state index contributed by atoms with van der Waals surface area (Å²) in [5.74, 6) is 0.721. The zero-order valence-electron chi connectivity index (χ0n) is 9.28. The molecule has 17 heavy (non-hydrogen) atoms. The number of hydrogen-bond acceptors (Lipinski definition) is 3. The van der Waals surface area contributed by atoms with Gasteiger partial charge in [0.15, 0.2) is 0 Å². The predicted molar refractivity (Wildman–Crippen MR) is 68.2 cm³/mol. The van der Waals surface area contributed by atoms with Crippen LogP contribution >= 0.6 is 11.8 Å². The Bertz CT molecular complexity index is 517. The van der Waals surface area contributed by atoms with Crippen LogP contribution in [0.2, 0.25) is 0 Å². The number of anilines is 1. The molecule has 3 nitrogen and oxygen atoms in total. The van der Waals surface area contributed by atoms with E-state index in [2.05, 4.69) is 28.3 Å². The molecule has 89 valence electrons. The van der Waals surface area contributed by atoms with Gasteiger partial charge in [-0.05, 0) is 0 Å². The molecule has 0 spiro atoms. The molecule has 1 aromatic rings. The Morgan fingerprint density at radius 2 is 2.35 bits per heavy atom. The van der Waals surface area contributed by atoms with Crippen molar-refractivity contribution in [2.75, 3.05) is 10.7 Å². The van der Waals surface area contributed by atoms with Crippen LogP contribution in [0.5, 0.6) is 0 Å². The Kier molecular flexibility index (Phi) is 3.67. The fraction of sp³-hybridized carbons (Fsp3) is 0.250. The zero-order valence-corrected chi connectivity index (χ0v) is 11.1. The third-order valence-corrected chi connectivity index (χ3v) is 4.10. The third-order valence-electron chi connectivity index (χ3n) is 2.59. The fourth-order valence-electron chi connectivity index (χ4n) is 1.73. The van der Waals surface area contributed by atoms with Gasteiger partial charge >= 0.3 is 113 Å². The van der Waals surface area contributed by atoms with Gasteiger partial charge in [0.2, 0.25) is 0 Å². The molecular formula is C12H11CoN3S. The van der Waals surface area contributed by atoms with Crippen molar-refractivity contribution in [1.29, 1.82) is 10.7 Å². The van der Waals surface area contributed by atoms with E-state index in [-0.39, 0.29) is 0 Å². The molecule has 0 amide bonds. The van der Waals surface area contributed by atoms with Crippen LogP contribution in [0.1, 0.15) is 18.1 Å². The third kappa shape index (κ3) is 2.29. The van der Waals surface area contributed by atoms with Crippen molar-refractivity contribution in [3.05, 3.63) is 29.3 Å². The normalized spacial score (nSPS) is 15.2. The fourth-order valence-corrected chi connectivity index (χ4v) is 2.99. The summed E-state index contributed by atoms with van der Waals surface area (Å²) in [5.41, 5.74) is 2.65. The van der Waals surface area contributed by atoms with E-state index in [1.54, 1.807) is 0 Å². The summed E-state index contributed by atoms with van der Waals surface area (Å²) >= 11 is 5.91. The number of nitriles is 1. The van der Waals surface area contributed by atoms with Gasteiger partial charge in [-0.1, -0.05) is 0 Å². The molecule has 1 aliphatic heterocycles. The van der Waals surface area contributed by atoms with Crippen molar-refractivity contribution >= 4 is 27.2 Å². The van der Waals surface area contributed by atoms with Crippen LogP contribution in [0.3, 0.4) is 0 Å². The van der Waals surface area contributed by atoms with Crippen molar-refractivity contribution in [3.63, 3.8) is 0 Å². The van der Waals surface area contributed by atoms with Crippen molar-refractivity contribution in [3.8, 4) is 6.07 Å². The summed E-state index contributed by atoms with van der Waals surface area (Å²) in [4.78, 5) is 1.81. The van der Waals surface area contributed by atoms with E-state index in [0.717, 1.165) is 28.0 Å². The second-order valence-electron chi connectivity index (χ2n) is 3.59. The van der Waals surface area contributed by atoms with E-state index in [1.165, 1.54) is 11.8 Å². The van der Waals surface area contributed by atoms with Gasteiger partial charge in [-0.25, -0.2) is 0 Å². The van der Waals surface area contributed by atoms with Crippen molar-refractivity contribution < 1.29 is 15.3 Å². The molecule has 0 atom stereocenters. The second-order valence-corrected chi connectivity index (χ2v) is 5.15. The molecule has 0 bridgehead atoms. The summed E-state index contributed by atoms with van der Waals surface area (Å²) < 4.78 is 0.845. The van der Waals surface area contributed by atoms with Gasteiger partial charge < -0.3 is 0 Å². The van der Waals surface area contributed by atoms with Crippen LogP contribution in [-0.2, 0) is 21.7 Å². The molecule has 5 heteroatoms. The van der Waals surface area contributed by atoms with E-state index < -0.39 is 0 Å². The summed E-state index contributed by atoms with van der Waals surface area (Å²) in [5, 5.41) is 17.3. The summed E-state index contributed by atoms with van der Waals surface area (Å²) in [7, 11) is 0. The number of benzene rings is 1. The minimum atomic E-state index is 0.470. The van der Waals surface area contributed by atoms with Crippen LogP contribution < -0.4 is 4.90 Å². The molecule has 2 rings (SSSR count). The first-order chi connectivity index (χ1) is 8.17. The molecule has 0 aliphatic carbocycles. The summed E-state index contributed by atoms with van der Waals surface area (Å²) in [6.07, 6.45) is 0.871. The Hall–Kier alpha value is -1.09. The molecule has 0 radical (unpaired) electrons. The second kappa shape index (κ2) is 5.04. The molecule has 1 aromatic carbocycles. The first-order valence-electron chi connectivity index (χ1n) is 5.21. The van der Waals surface area contributed by atoms with Gasteiger partial charge in [0.25, 0.3) is 0 Å².